The second-order valence-corrected chi connectivity index (χ2v) is 7.33. The summed E-state index contributed by atoms with van der Waals surface area (Å²) in [4.78, 5) is 37.8. The first-order valence-electron chi connectivity index (χ1n) is 9.67. The van der Waals surface area contributed by atoms with Crippen LogP contribution in [0.25, 0.3) is 5.69 Å². The van der Waals surface area contributed by atoms with Crippen molar-refractivity contribution < 1.29 is 19.5 Å². The molecule has 3 rings (SSSR count). The fraction of sp³-hybridized carbons (Fsp3) is 0.364. The zero-order chi connectivity index (χ0) is 21.1. The van der Waals surface area contributed by atoms with Gasteiger partial charge in [-0.15, -0.1) is 6.58 Å². The molecule has 0 bridgehead atoms. The number of Topliss-reactive ketones (excluding diaryl/α,β-unsaturated/α-hetero) is 2. The Morgan fingerprint density at radius 1 is 1.41 bits per heavy atom. The minimum absolute atomic E-state index is 0.0140. The zero-order valence-corrected chi connectivity index (χ0v) is 16.6. The fourth-order valence-corrected chi connectivity index (χ4v) is 3.96. The van der Waals surface area contributed by atoms with Crippen LogP contribution >= 0.6 is 0 Å². The van der Waals surface area contributed by atoms with E-state index in [0.29, 0.717) is 13.0 Å². The van der Waals surface area contributed by atoms with Crippen molar-refractivity contribution in [2.75, 3.05) is 6.54 Å². The van der Waals surface area contributed by atoms with Gasteiger partial charge in [-0.3, -0.25) is 14.4 Å². The van der Waals surface area contributed by atoms with Crippen LogP contribution in [0.1, 0.15) is 42.4 Å². The molecule has 2 atom stereocenters. The van der Waals surface area contributed by atoms with Crippen molar-refractivity contribution in [3.05, 3.63) is 53.9 Å². The highest BCUT2D eigenvalue weighted by atomic mass is 16.3. The summed E-state index contributed by atoms with van der Waals surface area (Å²) in [5.41, 5.74) is 3.19. The normalized spacial score (nSPS) is 18.8. The van der Waals surface area contributed by atoms with E-state index in [-0.39, 0.29) is 36.1 Å². The molecule has 1 aliphatic rings. The predicted molar refractivity (Wildman–Crippen MR) is 108 cm³/mol. The van der Waals surface area contributed by atoms with E-state index < -0.39 is 11.8 Å². The molecule has 1 amide bonds. The Kier molecular flexibility index (Phi) is 5.96. The lowest BCUT2D eigenvalue weighted by molar-refractivity contribution is -0.128. The molecule has 1 aromatic heterocycles. The maximum Gasteiger partial charge on any atom is 0.220 e. The van der Waals surface area contributed by atoms with Crippen LogP contribution in [0, 0.1) is 12.8 Å². The largest absolute Gasteiger partial charge is 0.505 e. The van der Waals surface area contributed by atoms with Crippen molar-refractivity contribution in [1.29, 1.82) is 0 Å². The number of ketones is 2. The van der Waals surface area contributed by atoms with Gasteiger partial charge < -0.3 is 10.4 Å². The summed E-state index contributed by atoms with van der Waals surface area (Å²) >= 11 is 0. The van der Waals surface area contributed by atoms with Crippen molar-refractivity contribution in [3.63, 3.8) is 0 Å². The monoisotopic (exact) mass is 395 g/mol. The van der Waals surface area contributed by atoms with Gasteiger partial charge in [0.05, 0.1) is 18.1 Å². The molecule has 1 heterocycles. The van der Waals surface area contributed by atoms with Gasteiger partial charge in [0.2, 0.25) is 5.91 Å². The topological polar surface area (TPSA) is 101 Å². The number of benzene rings is 1. The van der Waals surface area contributed by atoms with Crippen molar-refractivity contribution in [3.8, 4) is 11.4 Å². The molecule has 2 aromatic rings. The van der Waals surface area contributed by atoms with Crippen molar-refractivity contribution >= 4 is 17.5 Å². The molecule has 1 fully saturated rings. The maximum absolute atomic E-state index is 13.0. The summed E-state index contributed by atoms with van der Waals surface area (Å²) in [6.45, 7) is 7.71. The number of hydrogen-bond donors (Lipinski definition) is 2. The second kappa shape index (κ2) is 8.43. The Hall–Kier alpha value is -3.22. The Balaban J connectivity index is 1.91. The summed E-state index contributed by atoms with van der Waals surface area (Å²) in [7, 11) is 0. The molecule has 2 unspecified atom stereocenters. The highest BCUT2D eigenvalue weighted by Crippen LogP contribution is 2.38. The van der Waals surface area contributed by atoms with Crippen LogP contribution in [-0.2, 0) is 20.8 Å². The number of rotatable bonds is 7. The standard InChI is InChI=1S/C22H25N3O4/c1-4-6-23-19(28)10-15-9-18(27)21(22(15)29)20-13(3)7-16(8-14(20)5-2)25-12-17(26)11-24-25/h4,7-8,11-12,15,21,26H,1,5-6,9-10H2,2-3H3,(H,23,28). The lowest BCUT2D eigenvalue weighted by atomic mass is 9.85. The highest BCUT2D eigenvalue weighted by Gasteiger charge is 2.44. The van der Waals surface area contributed by atoms with E-state index in [1.54, 1.807) is 10.8 Å². The Morgan fingerprint density at radius 2 is 2.17 bits per heavy atom. The van der Waals surface area contributed by atoms with Crippen LogP contribution in [0.2, 0.25) is 0 Å². The van der Waals surface area contributed by atoms with E-state index in [2.05, 4.69) is 17.0 Å². The number of aromatic hydroxyl groups is 1. The van der Waals surface area contributed by atoms with E-state index in [1.165, 1.54) is 12.4 Å². The zero-order valence-electron chi connectivity index (χ0n) is 16.6. The average molecular weight is 395 g/mol. The van der Waals surface area contributed by atoms with E-state index in [9.17, 15) is 19.5 Å². The first-order chi connectivity index (χ1) is 13.8. The van der Waals surface area contributed by atoms with Gasteiger partial charge in [0, 0.05) is 25.3 Å². The molecule has 7 heteroatoms. The van der Waals surface area contributed by atoms with E-state index in [0.717, 1.165) is 22.4 Å². The summed E-state index contributed by atoms with van der Waals surface area (Å²) in [5, 5.41) is 16.3. The second-order valence-electron chi connectivity index (χ2n) is 7.33. The molecule has 7 nitrogen and oxygen atoms in total. The van der Waals surface area contributed by atoms with Gasteiger partial charge in [-0.1, -0.05) is 13.0 Å². The van der Waals surface area contributed by atoms with E-state index >= 15 is 0 Å². The molecular weight excluding hydrogens is 370 g/mol. The number of nitrogens with zero attached hydrogens (tertiary/aromatic N) is 2. The maximum atomic E-state index is 13.0. The molecule has 0 spiro atoms. The first kappa shape index (κ1) is 20.5. The SMILES string of the molecule is C=CCNC(=O)CC1CC(=O)C(c2c(C)cc(-n3cc(O)cn3)cc2CC)C1=O. The molecule has 0 aliphatic heterocycles. The van der Waals surface area contributed by atoms with Gasteiger partial charge in [-0.25, -0.2) is 4.68 Å². The van der Waals surface area contributed by atoms with Gasteiger partial charge >= 0.3 is 0 Å². The number of amides is 1. The molecule has 0 radical (unpaired) electrons. The Morgan fingerprint density at radius 3 is 2.79 bits per heavy atom. The average Bonchev–Trinajstić information content (AvgIpc) is 3.23. The third-order valence-corrected chi connectivity index (χ3v) is 5.29. The van der Waals surface area contributed by atoms with Crippen molar-refractivity contribution in [1.82, 2.24) is 15.1 Å². The summed E-state index contributed by atoms with van der Waals surface area (Å²) in [6.07, 6.45) is 5.15. The number of hydrogen-bond acceptors (Lipinski definition) is 5. The Bertz CT molecular complexity index is 976. The smallest absolute Gasteiger partial charge is 0.220 e. The summed E-state index contributed by atoms with van der Waals surface area (Å²) in [6, 6.07) is 3.74. The third kappa shape index (κ3) is 4.13. The van der Waals surface area contributed by atoms with Crippen LogP contribution in [0.15, 0.2) is 37.2 Å². The van der Waals surface area contributed by atoms with Crippen molar-refractivity contribution in [2.24, 2.45) is 5.92 Å². The van der Waals surface area contributed by atoms with Crippen LogP contribution in [-0.4, -0.2) is 38.9 Å². The van der Waals surface area contributed by atoms with Crippen molar-refractivity contribution in [2.45, 2.75) is 39.0 Å². The molecule has 1 saturated carbocycles. The fourth-order valence-electron chi connectivity index (χ4n) is 3.96. The van der Waals surface area contributed by atoms with Crippen LogP contribution in [0.5, 0.6) is 5.75 Å². The lowest BCUT2D eigenvalue weighted by Gasteiger charge is -2.18. The quantitative estimate of drug-likeness (QED) is 0.554. The summed E-state index contributed by atoms with van der Waals surface area (Å²) < 4.78 is 1.55. The van der Waals surface area contributed by atoms with Crippen LogP contribution in [0.4, 0.5) is 0 Å². The van der Waals surface area contributed by atoms with Gasteiger partial charge in [-0.05, 0) is 42.2 Å². The van der Waals surface area contributed by atoms with Crippen LogP contribution in [0.3, 0.4) is 0 Å². The molecule has 2 N–H and O–H groups in total. The summed E-state index contributed by atoms with van der Waals surface area (Å²) in [5.74, 6) is -1.95. The number of aryl methyl sites for hydroxylation is 2. The number of nitrogens with one attached hydrogen (secondary N) is 1. The van der Waals surface area contributed by atoms with Gasteiger partial charge in [0.1, 0.15) is 11.7 Å². The molecule has 1 aliphatic carbocycles. The number of aromatic nitrogens is 2. The number of carbonyl (C=O) groups excluding carboxylic acids is 3. The van der Waals surface area contributed by atoms with E-state index in [1.807, 2.05) is 26.0 Å². The van der Waals surface area contributed by atoms with Gasteiger partial charge in [0.25, 0.3) is 0 Å². The predicted octanol–water partition coefficient (Wildman–Crippen LogP) is 2.38. The molecule has 1 aromatic carbocycles. The third-order valence-electron chi connectivity index (χ3n) is 5.29. The van der Waals surface area contributed by atoms with Crippen LogP contribution < -0.4 is 5.32 Å². The molecular formula is C22H25N3O4. The molecule has 152 valence electrons. The first-order valence-corrected chi connectivity index (χ1v) is 9.67. The van der Waals surface area contributed by atoms with E-state index in [4.69, 9.17) is 0 Å². The van der Waals surface area contributed by atoms with Gasteiger partial charge in [-0.2, -0.15) is 5.10 Å². The minimum atomic E-state index is -0.831. The Labute approximate surface area is 169 Å². The van der Waals surface area contributed by atoms with Gasteiger partial charge in [0.15, 0.2) is 11.5 Å². The molecule has 0 saturated heterocycles. The highest BCUT2D eigenvalue weighted by molar-refractivity contribution is 6.15. The molecule has 29 heavy (non-hydrogen) atoms. The lowest BCUT2D eigenvalue weighted by Crippen LogP contribution is -2.27. The number of carbonyl (C=O) groups is 3. The minimum Gasteiger partial charge on any atom is -0.505 e.